The Morgan fingerprint density at radius 1 is 1.58 bits per heavy atom. The molecule has 2 rings (SSSR count). The number of sulfonamides is 1. The van der Waals surface area contributed by atoms with E-state index in [1.54, 1.807) is 0 Å². The van der Waals surface area contributed by atoms with Gasteiger partial charge in [0, 0.05) is 12.8 Å². The molecule has 1 aromatic heterocycles. The van der Waals surface area contributed by atoms with E-state index in [9.17, 15) is 8.42 Å². The van der Waals surface area contributed by atoms with Gasteiger partial charge < -0.3 is 10.5 Å². The summed E-state index contributed by atoms with van der Waals surface area (Å²) in [5.74, 6) is 0. The van der Waals surface area contributed by atoms with Gasteiger partial charge in [0.1, 0.15) is 9.88 Å². The van der Waals surface area contributed by atoms with E-state index in [1.165, 1.54) is 18.3 Å². The van der Waals surface area contributed by atoms with E-state index in [2.05, 4.69) is 9.71 Å². The molecule has 6 nitrogen and oxygen atoms in total. The molecule has 0 aromatic carbocycles. The molecule has 19 heavy (non-hydrogen) atoms. The first-order valence-electron chi connectivity index (χ1n) is 5.80. The lowest BCUT2D eigenvalue weighted by molar-refractivity contribution is 0.117. The number of ether oxygens (including phenoxy) is 1. The fourth-order valence-electron chi connectivity index (χ4n) is 1.84. The zero-order valence-electron chi connectivity index (χ0n) is 10.4. The van der Waals surface area contributed by atoms with Crippen LogP contribution in [0.2, 0.25) is 0 Å². The van der Waals surface area contributed by atoms with Crippen LogP contribution in [0.3, 0.4) is 0 Å². The maximum atomic E-state index is 12.1. The standard InChI is InChI=1S/C11H15N3O3S2/c1-7-9(4-5-17-7)14-19(15,16)8-2-3-10(11(12)18)13-6-8/h2-3,6-7,9,14H,4-5H2,1H3,(H2,12,18). The zero-order valence-corrected chi connectivity index (χ0v) is 12.0. The molecule has 0 saturated carbocycles. The van der Waals surface area contributed by atoms with Gasteiger partial charge in [-0.05, 0) is 25.5 Å². The molecule has 0 bridgehead atoms. The first-order valence-corrected chi connectivity index (χ1v) is 7.69. The Morgan fingerprint density at radius 3 is 2.79 bits per heavy atom. The van der Waals surface area contributed by atoms with Crippen molar-refractivity contribution in [3.05, 3.63) is 24.0 Å². The normalized spacial score (nSPS) is 23.4. The molecule has 0 spiro atoms. The van der Waals surface area contributed by atoms with E-state index >= 15 is 0 Å². The summed E-state index contributed by atoms with van der Waals surface area (Å²) in [5.41, 5.74) is 5.81. The topological polar surface area (TPSA) is 94.3 Å². The van der Waals surface area contributed by atoms with Crippen LogP contribution in [0, 0.1) is 0 Å². The number of hydrogen-bond donors (Lipinski definition) is 2. The number of nitrogens with one attached hydrogen (secondary N) is 1. The van der Waals surface area contributed by atoms with E-state index in [0.717, 1.165) is 0 Å². The van der Waals surface area contributed by atoms with Crippen LogP contribution in [0.25, 0.3) is 0 Å². The maximum absolute atomic E-state index is 12.1. The fraction of sp³-hybridized carbons (Fsp3) is 0.455. The summed E-state index contributed by atoms with van der Waals surface area (Å²) in [4.78, 5) is 4.14. The van der Waals surface area contributed by atoms with Gasteiger partial charge in [0.15, 0.2) is 0 Å². The summed E-state index contributed by atoms with van der Waals surface area (Å²) in [5, 5.41) is 0. The van der Waals surface area contributed by atoms with Crippen LogP contribution >= 0.6 is 12.2 Å². The Bertz CT molecular complexity index is 571. The number of thiocarbonyl (C=S) groups is 1. The maximum Gasteiger partial charge on any atom is 0.242 e. The lowest BCUT2D eigenvalue weighted by Gasteiger charge is -2.16. The average Bonchev–Trinajstić information content (AvgIpc) is 2.74. The van der Waals surface area contributed by atoms with Crippen molar-refractivity contribution in [1.82, 2.24) is 9.71 Å². The molecule has 1 saturated heterocycles. The first kappa shape index (κ1) is 14.3. The highest BCUT2D eigenvalue weighted by Gasteiger charge is 2.29. The second-order valence-electron chi connectivity index (χ2n) is 4.34. The molecule has 0 amide bonds. The van der Waals surface area contributed by atoms with Crippen molar-refractivity contribution in [2.75, 3.05) is 6.61 Å². The molecule has 1 aromatic rings. The minimum absolute atomic E-state index is 0.0894. The van der Waals surface area contributed by atoms with Crippen LogP contribution in [0.15, 0.2) is 23.2 Å². The Hall–Kier alpha value is -1.09. The van der Waals surface area contributed by atoms with Gasteiger partial charge in [0.05, 0.1) is 17.8 Å². The van der Waals surface area contributed by atoms with Crippen LogP contribution in [0.4, 0.5) is 0 Å². The smallest absolute Gasteiger partial charge is 0.242 e. The first-order chi connectivity index (χ1) is 8.90. The number of nitrogens with two attached hydrogens (primary N) is 1. The van der Waals surface area contributed by atoms with E-state index in [-0.39, 0.29) is 22.0 Å². The Kier molecular flexibility index (Phi) is 4.14. The van der Waals surface area contributed by atoms with Crippen molar-refractivity contribution in [2.24, 2.45) is 5.73 Å². The number of hydrogen-bond acceptors (Lipinski definition) is 5. The van der Waals surface area contributed by atoms with Gasteiger partial charge in [0.25, 0.3) is 0 Å². The van der Waals surface area contributed by atoms with Crippen molar-refractivity contribution >= 4 is 27.2 Å². The van der Waals surface area contributed by atoms with E-state index in [1.807, 2.05) is 6.92 Å². The highest BCUT2D eigenvalue weighted by atomic mass is 32.2. The van der Waals surface area contributed by atoms with Gasteiger partial charge in [-0.3, -0.25) is 4.98 Å². The van der Waals surface area contributed by atoms with Crippen LogP contribution < -0.4 is 10.5 Å². The summed E-state index contributed by atoms with van der Waals surface area (Å²) in [6.07, 6.45) is 1.79. The lowest BCUT2D eigenvalue weighted by Crippen LogP contribution is -2.39. The molecule has 2 unspecified atom stereocenters. The molecular formula is C11H15N3O3S2. The molecule has 2 atom stereocenters. The molecule has 1 fully saturated rings. The summed E-state index contributed by atoms with van der Waals surface area (Å²) >= 11 is 4.76. The summed E-state index contributed by atoms with van der Waals surface area (Å²) < 4.78 is 32.2. The van der Waals surface area contributed by atoms with Crippen LogP contribution in [0.1, 0.15) is 19.0 Å². The highest BCUT2D eigenvalue weighted by molar-refractivity contribution is 7.89. The number of rotatable bonds is 4. The summed E-state index contributed by atoms with van der Waals surface area (Å²) in [6.45, 7) is 2.40. The van der Waals surface area contributed by atoms with Gasteiger partial charge in [0.2, 0.25) is 10.0 Å². The quantitative estimate of drug-likeness (QED) is 0.770. The van der Waals surface area contributed by atoms with Gasteiger partial charge in [-0.15, -0.1) is 0 Å². The van der Waals surface area contributed by atoms with Crippen molar-refractivity contribution in [3.8, 4) is 0 Å². The Morgan fingerprint density at radius 2 is 2.32 bits per heavy atom. The molecule has 8 heteroatoms. The molecular weight excluding hydrogens is 286 g/mol. The molecule has 1 aliphatic heterocycles. The third kappa shape index (κ3) is 3.27. The molecule has 0 radical (unpaired) electrons. The summed E-state index contributed by atoms with van der Waals surface area (Å²) in [6, 6.07) is 2.72. The molecule has 104 valence electrons. The van der Waals surface area contributed by atoms with Gasteiger partial charge >= 0.3 is 0 Å². The average molecular weight is 301 g/mol. The molecule has 0 aliphatic carbocycles. The van der Waals surface area contributed by atoms with Crippen LogP contribution in [0.5, 0.6) is 0 Å². The van der Waals surface area contributed by atoms with Crippen LogP contribution in [-0.4, -0.2) is 37.1 Å². The molecule has 2 heterocycles. The number of pyridine rings is 1. The van der Waals surface area contributed by atoms with Gasteiger partial charge in [-0.2, -0.15) is 0 Å². The predicted octanol–water partition coefficient (Wildman–Crippen LogP) is 0.171. The zero-order chi connectivity index (χ0) is 14.0. The van der Waals surface area contributed by atoms with Gasteiger partial charge in [-0.1, -0.05) is 12.2 Å². The minimum atomic E-state index is -3.60. The number of nitrogens with zero attached hydrogens (tertiary/aromatic N) is 1. The van der Waals surface area contributed by atoms with E-state index < -0.39 is 10.0 Å². The second kappa shape index (κ2) is 5.49. The molecule has 3 N–H and O–H groups in total. The third-order valence-electron chi connectivity index (χ3n) is 2.98. The largest absolute Gasteiger partial charge is 0.388 e. The van der Waals surface area contributed by atoms with Crippen LogP contribution in [-0.2, 0) is 14.8 Å². The van der Waals surface area contributed by atoms with Crippen molar-refractivity contribution in [3.63, 3.8) is 0 Å². The van der Waals surface area contributed by atoms with Crippen molar-refractivity contribution in [1.29, 1.82) is 0 Å². The third-order valence-corrected chi connectivity index (χ3v) is 4.67. The van der Waals surface area contributed by atoms with Crippen molar-refractivity contribution < 1.29 is 13.2 Å². The minimum Gasteiger partial charge on any atom is -0.388 e. The SMILES string of the molecule is CC1OCCC1NS(=O)(=O)c1ccc(C(N)=S)nc1. The van der Waals surface area contributed by atoms with E-state index in [4.69, 9.17) is 22.7 Å². The Labute approximate surface area is 117 Å². The Balaban J connectivity index is 2.17. The van der Waals surface area contributed by atoms with Crippen molar-refractivity contribution in [2.45, 2.75) is 30.4 Å². The van der Waals surface area contributed by atoms with Gasteiger partial charge in [-0.25, -0.2) is 13.1 Å². The lowest BCUT2D eigenvalue weighted by atomic mass is 10.2. The summed E-state index contributed by atoms with van der Waals surface area (Å²) in [7, 11) is -3.60. The highest BCUT2D eigenvalue weighted by Crippen LogP contribution is 2.16. The predicted molar refractivity (Wildman–Crippen MR) is 74.3 cm³/mol. The monoisotopic (exact) mass is 301 g/mol. The number of aromatic nitrogens is 1. The second-order valence-corrected chi connectivity index (χ2v) is 6.49. The van der Waals surface area contributed by atoms with E-state index in [0.29, 0.717) is 18.7 Å². The molecule has 1 aliphatic rings. The fourth-order valence-corrected chi connectivity index (χ4v) is 3.24.